The van der Waals surface area contributed by atoms with Crippen LogP contribution in [0.25, 0.3) is 0 Å². The van der Waals surface area contributed by atoms with Gasteiger partial charge in [0.2, 0.25) is 0 Å². The summed E-state index contributed by atoms with van der Waals surface area (Å²) in [6.07, 6.45) is 1.22. The van der Waals surface area contributed by atoms with E-state index in [1.165, 1.54) is 6.92 Å². The lowest BCUT2D eigenvalue weighted by molar-refractivity contribution is -0.152. The van der Waals surface area contributed by atoms with Crippen molar-refractivity contribution in [1.29, 1.82) is 0 Å². The quantitative estimate of drug-likeness (QED) is 0.738. The molecular formula is C23H26N2O4S. The molecule has 4 rings (SSSR count). The van der Waals surface area contributed by atoms with Gasteiger partial charge in [-0.1, -0.05) is 24.3 Å². The monoisotopic (exact) mass is 426 g/mol. The molecule has 0 aliphatic carbocycles. The minimum absolute atomic E-state index is 0.183. The molecule has 0 spiro atoms. The SMILES string of the molecule is COc1ccc(C2Sc3ccccc3N(C[C@@H]3CCCN3)C(=O)C2OC(C)=O)cc1. The summed E-state index contributed by atoms with van der Waals surface area (Å²) < 4.78 is 10.9. The van der Waals surface area contributed by atoms with Crippen molar-refractivity contribution in [3.05, 3.63) is 54.1 Å². The van der Waals surface area contributed by atoms with E-state index in [0.29, 0.717) is 6.54 Å². The Morgan fingerprint density at radius 1 is 1.20 bits per heavy atom. The first kappa shape index (κ1) is 20.8. The fourth-order valence-corrected chi connectivity index (χ4v) is 5.35. The van der Waals surface area contributed by atoms with Crippen molar-refractivity contribution in [2.45, 2.75) is 42.1 Å². The Morgan fingerprint density at radius 2 is 1.97 bits per heavy atom. The van der Waals surface area contributed by atoms with Crippen LogP contribution in [0.1, 0.15) is 30.6 Å². The van der Waals surface area contributed by atoms with Crippen molar-refractivity contribution in [2.75, 3.05) is 25.1 Å². The second kappa shape index (κ2) is 9.10. The van der Waals surface area contributed by atoms with Crippen LogP contribution in [0.5, 0.6) is 5.75 Å². The summed E-state index contributed by atoms with van der Waals surface area (Å²) in [4.78, 5) is 28.5. The van der Waals surface area contributed by atoms with Crippen LogP contribution < -0.4 is 15.0 Å². The van der Waals surface area contributed by atoms with Gasteiger partial charge in [-0.15, -0.1) is 11.8 Å². The van der Waals surface area contributed by atoms with E-state index in [1.54, 1.807) is 23.8 Å². The van der Waals surface area contributed by atoms with Crippen LogP contribution in [0, 0.1) is 0 Å². The van der Waals surface area contributed by atoms with E-state index in [-0.39, 0.29) is 17.2 Å². The molecule has 1 fully saturated rings. The number of ether oxygens (including phenoxy) is 2. The summed E-state index contributed by atoms with van der Waals surface area (Å²) in [5, 5.41) is 3.11. The lowest BCUT2D eigenvalue weighted by Gasteiger charge is -2.29. The zero-order valence-corrected chi connectivity index (χ0v) is 18.0. The maximum atomic E-state index is 13.7. The highest BCUT2D eigenvalue weighted by Crippen LogP contribution is 2.47. The highest BCUT2D eigenvalue weighted by molar-refractivity contribution is 7.99. The molecule has 0 radical (unpaired) electrons. The molecule has 3 atom stereocenters. The van der Waals surface area contributed by atoms with Crippen LogP contribution in [0.3, 0.4) is 0 Å². The summed E-state index contributed by atoms with van der Waals surface area (Å²) >= 11 is 1.56. The number of para-hydroxylation sites is 1. The lowest BCUT2D eigenvalue weighted by Crippen LogP contribution is -2.47. The third-order valence-corrected chi connectivity index (χ3v) is 6.87. The van der Waals surface area contributed by atoms with E-state index in [4.69, 9.17) is 9.47 Å². The van der Waals surface area contributed by atoms with Gasteiger partial charge in [0.25, 0.3) is 5.91 Å². The predicted octanol–water partition coefficient (Wildman–Crippen LogP) is 3.56. The number of hydrogen-bond donors (Lipinski definition) is 1. The summed E-state index contributed by atoms with van der Waals surface area (Å²) in [5.74, 6) is 0.0941. The van der Waals surface area contributed by atoms with Crippen molar-refractivity contribution in [3.63, 3.8) is 0 Å². The van der Waals surface area contributed by atoms with Crippen LogP contribution in [0.4, 0.5) is 5.69 Å². The number of benzene rings is 2. The minimum atomic E-state index is -0.908. The summed E-state index contributed by atoms with van der Waals surface area (Å²) in [6, 6.07) is 15.7. The minimum Gasteiger partial charge on any atom is -0.497 e. The third kappa shape index (κ3) is 4.32. The lowest BCUT2D eigenvalue weighted by atomic mass is 10.0. The van der Waals surface area contributed by atoms with Crippen molar-refractivity contribution in [2.24, 2.45) is 0 Å². The first-order valence-corrected chi connectivity index (χ1v) is 11.1. The first-order chi connectivity index (χ1) is 14.6. The van der Waals surface area contributed by atoms with Gasteiger partial charge in [0.15, 0.2) is 6.10 Å². The molecule has 1 N–H and O–H groups in total. The number of carbonyl (C=O) groups is 2. The van der Waals surface area contributed by atoms with E-state index in [0.717, 1.165) is 41.3 Å². The molecule has 6 nitrogen and oxygen atoms in total. The van der Waals surface area contributed by atoms with Crippen molar-refractivity contribution in [3.8, 4) is 5.75 Å². The first-order valence-electron chi connectivity index (χ1n) is 10.2. The average Bonchev–Trinajstić information content (AvgIpc) is 3.24. The zero-order chi connectivity index (χ0) is 21.1. The molecule has 0 saturated carbocycles. The molecule has 7 heteroatoms. The highest BCUT2D eigenvalue weighted by atomic mass is 32.2. The second-order valence-corrected chi connectivity index (χ2v) is 8.73. The molecule has 2 heterocycles. The molecule has 158 valence electrons. The molecule has 2 aromatic carbocycles. The molecule has 30 heavy (non-hydrogen) atoms. The largest absolute Gasteiger partial charge is 0.497 e. The topological polar surface area (TPSA) is 67.9 Å². The van der Waals surface area contributed by atoms with Gasteiger partial charge in [0.05, 0.1) is 18.0 Å². The average molecular weight is 427 g/mol. The number of fused-ring (bicyclic) bond motifs is 1. The van der Waals surface area contributed by atoms with Crippen LogP contribution in [0.2, 0.25) is 0 Å². The van der Waals surface area contributed by atoms with Gasteiger partial charge in [0, 0.05) is 24.4 Å². The van der Waals surface area contributed by atoms with Gasteiger partial charge in [-0.25, -0.2) is 0 Å². The fourth-order valence-electron chi connectivity index (χ4n) is 4.03. The van der Waals surface area contributed by atoms with Crippen LogP contribution in [0.15, 0.2) is 53.4 Å². The number of carbonyl (C=O) groups excluding carboxylic acids is 2. The van der Waals surface area contributed by atoms with Gasteiger partial charge in [0.1, 0.15) is 5.75 Å². The summed E-state index contributed by atoms with van der Waals surface area (Å²) in [7, 11) is 1.62. The summed E-state index contributed by atoms with van der Waals surface area (Å²) in [6.45, 7) is 2.87. The van der Waals surface area contributed by atoms with Gasteiger partial charge in [-0.2, -0.15) is 0 Å². The maximum absolute atomic E-state index is 13.7. The number of hydrogen-bond acceptors (Lipinski definition) is 6. The number of nitrogens with one attached hydrogen (secondary N) is 1. The van der Waals surface area contributed by atoms with Gasteiger partial charge >= 0.3 is 5.97 Å². The van der Waals surface area contributed by atoms with Gasteiger partial charge in [-0.05, 0) is 49.2 Å². The molecule has 0 bridgehead atoms. The van der Waals surface area contributed by atoms with Crippen molar-refractivity contribution >= 4 is 29.3 Å². The van der Waals surface area contributed by atoms with E-state index in [9.17, 15) is 9.59 Å². The molecule has 2 aliphatic rings. The molecule has 1 amide bonds. The Labute approximate surface area is 180 Å². The molecule has 2 unspecified atom stereocenters. The van der Waals surface area contributed by atoms with Crippen LogP contribution in [-0.2, 0) is 14.3 Å². The van der Waals surface area contributed by atoms with E-state index in [2.05, 4.69) is 5.32 Å². The number of methoxy groups -OCH3 is 1. The Bertz CT molecular complexity index is 912. The van der Waals surface area contributed by atoms with Gasteiger partial charge < -0.3 is 19.7 Å². The van der Waals surface area contributed by atoms with Crippen molar-refractivity contribution < 1.29 is 19.1 Å². The zero-order valence-electron chi connectivity index (χ0n) is 17.2. The Hall–Kier alpha value is -2.51. The highest BCUT2D eigenvalue weighted by Gasteiger charge is 2.41. The smallest absolute Gasteiger partial charge is 0.303 e. The standard InChI is InChI=1S/C23H26N2O4S/c1-15(26)29-21-22(16-9-11-18(28-2)12-10-16)30-20-8-4-3-7-19(20)25(23(21)27)14-17-6-5-13-24-17/h3-4,7-12,17,21-22,24H,5-6,13-14H2,1-2H3/t17-,21?,22?/m0/s1. The maximum Gasteiger partial charge on any atom is 0.303 e. The number of nitrogens with zero attached hydrogens (tertiary/aromatic N) is 1. The number of rotatable bonds is 5. The normalized spacial score (nSPS) is 23.6. The predicted molar refractivity (Wildman–Crippen MR) is 117 cm³/mol. The van der Waals surface area contributed by atoms with E-state index >= 15 is 0 Å². The molecule has 1 saturated heterocycles. The molecule has 2 aliphatic heterocycles. The number of thioether (sulfide) groups is 1. The number of esters is 1. The third-order valence-electron chi connectivity index (χ3n) is 5.50. The van der Waals surface area contributed by atoms with E-state index in [1.807, 2.05) is 48.5 Å². The number of anilines is 1. The van der Waals surface area contributed by atoms with E-state index < -0.39 is 12.1 Å². The summed E-state index contributed by atoms with van der Waals surface area (Å²) in [5.41, 5.74) is 1.78. The molecule has 0 aromatic heterocycles. The van der Waals surface area contributed by atoms with Gasteiger partial charge in [-0.3, -0.25) is 9.59 Å². The Morgan fingerprint density at radius 3 is 2.63 bits per heavy atom. The second-order valence-electron chi connectivity index (χ2n) is 7.55. The molecule has 2 aromatic rings. The number of amides is 1. The van der Waals surface area contributed by atoms with Crippen LogP contribution in [-0.4, -0.2) is 44.2 Å². The van der Waals surface area contributed by atoms with Crippen LogP contribution >= 0.6 is 11.8 Å². The fraction of sp³-hybridized carbons (Fsp3) is 0.391. The Balaban J connectivity index is 1.75. The Kier molecular flexibility index (Phi) is 6.29. The molecular weight excluding hydrogens is 400 g/mol. The van der Waals surface area contributed by atoms with Crippen molar-refractivity contribution in [1.82, 2.24) is 5.32 Å².